The van der Waals surface area contributed by atoms with E-state index in [0.717, 1.165) is 70.6 Å². The van der Waals surface area contributed by atoms with E-state index in [1.54, 1.807) is 0 Å². The van der Waals surface area contributed by atoms with E-state index in [-0.39, 0.29) is 13.0 Å². The van der Waals surface area contributed by atoms with Crippen LogP contribution in [0.2, 0.25) is 0 Å². The van der Waals surface area contributed by atoms with Crippen LogP contribution in [0.5, 0.6) is 0 Å². The summed E-state index contributed by atoms with van der Waals surface area (Å²) >= 11 is 0. The van der Waals surface area contributed by atoms with E-state index in [4.69, 9.17) is 18.5 Å². The number of aliphatic hydroxyl groups excluding tert-OH is 5. The Hall–Kier alpha value is -1.44. The molecule has 0 amide bonds. The first kappa shape index (κ1) is 61.6. The first-order valence-electron chi connectivity index (χ1n) is 26.3. The van der Waals surface area contributed by atoms with Crippen molar-refractivity contribution < 1.29 is 58.3 Å². The lowest BCUT2D eigenvalue weighted by Gasteiger charge is -2.41. The molecule has 0 radical (unpaired) electrons. The summed E-state index contributed by atoms with van der Waals surface area (Å²) < 4.78 is 34.3. The van der Waals surface area contributed by atoms with Gasteiger partial charge in [0.15, 0.2) is 0 Å². The van der Waals surface area contributed by atoms with Gasteiger partial charge in [0.25, 0.3) is 0 Å². The average molecular weight is 945 g/mol. The maximum absolute atomic E-state index is 12.9. The molecule has 0 aromatic carbocycles. The maximum Gasteiger partial charge on any atom is 0.472 e. The number of unbranched alkanes of at least 4 members (excludes halogenated alkanes) is 27. The molecule has 0 aliphatic heterocycles. The molecule has 6 atom stereocenters. The van der Waals surface area contributed by atoms with Gasteiger partial charge in [0.1, 0.15) is 42.7 Å². The average Bonchev–Trinajstić information content (AvgIpc) is 3.29. The number of aliphatic hydroxyl groups is 5. The van der Waals surface area contributed by atoms with Crippen molar-refractivity contribution in [3.8, 4) is 0 Å². The van der Waals surface area contributed by atoms with Crippen LogP contribution in [0.25, 0.3) is 0 Å². The molecule has 0 bridgehead atoms. The number of phosphoric acid groups is 1. The lowest BCUT2D eigenvalue weighted by molar-refractivity contribution is -0.220. The van der Waals surface area contributed by atoms with Crippen LogP contribution in [0.1, 0.15) is 226 Å². The highest BCUT2D eigenvalue weighted by atomic mass is 31.2. The van der Waals surface area contributed by atoms with Gasteiger partial charge in [-0.05, 0) is 70.6 Å². The van der Waals surface area contributed by atoms with E-state index in [2.05, 4.69) is 50.3 Å². The van der Waals surface area contributed by atoms with Gasteiger partial charge < -0.3 is 39.9 Å². The number of esters is 1. The van der Waals surface area contributed by atoms with Crippen LogP contribution in [-0.4, -0.2) is 98.9 Å². The third-order valence-corrected chi connectivity index (χ3v) is 13.2. The van der Waals surface area contributed by atoms with Crippen LogP contribution in [0.15, 0.2) is 36.5 Å². The Morgan fingerprint density at radius 2 is 0.862 bits per heavy atom. The molecule has 65 heavy (non-hydrogen) atoms. The van der Waals surface area contributed by atoms with Crippen molar-refractivity contribution in [3.05, 3.63) is 36.5 Å². The molecule has 6 unspecified atom stereocenters. The van der Waals surface area contributed by atoms with Crippen molar-refractivity contribution in [2.75, 3.05) is 19.8 Å². The Morgan fingerprint density at radius 1 is 0.492 bits per heavy atom. The molecule has 0 heterocycles. The first-order valence-corrected chi connectivity index (χ1v) is 27.8. The zero-order valence-corrected chi connectivity index (χ0v) is 41.9. The van der Waals surface area contributed by atoms with E-state index in [1.165, 1.54) is 128 Å². The number of carbonyl (C=O) groups excluding carboxylic acids is 1. The molecule has 13 heteroatoms. The second-order valence-electron chi connectivity index (χ2n) is 18.4. The number of phosphoric ester groups is 1. The Bertz CT molecular complexity index is 1210. The van der Waals surface area contributed by atoms with Crippen LogP contribution in [0.4, 0.5) is 0 Å². The van der Waals surface area contributed by atoms with Gasteiger partial charge in [-0.3, -0.25) is 13.8 Å². The van der Waals surface area contributed by atoms with Gasteiger partial charge in [-0.25, -0.2) is 4.57 Å². The van der Waals surface area contributed by atoms with Gasteiger partial charge in [0.2, 0.25) is 0 Å². The third-order valence-electron chi connectivity index (χ3n) is 12.2. The van der Waals surface area contributed by atoms with Crippen molar-refractivity contribution in [2.24, 2.45) is 0 Å². The molecular formula is C52H97O12P. The Morgan fingerprint density at radius 3 is 1.31 bits per heavy atom. The van der Waals surface area contributed by atoms with E-state index in [9.17, 15) is 39.8 Å². The highest BCUT2D eigenvalue weighted by Gasteiger charge is 2.51. The van der Waals surface area contributed by atoms with Gasteiger partial charge in [0, 0.05) is 13.0 Å². The lowest BCUT2D eigenvalue weighted by atomic mass is 9.85. The van der Waals surface area contributed by atoms with Crippen molar-refractivity contribution >= 4 is 13.8 Å². The van der Waals surface area contributed by atoms with E-state index in [0.29, 0.717) is 13.0 Å². The van der Waals surface area contributed by atoms with Gasteiger partial charge in [-0.15, -0.1) is 0 Å². The van der Waals surface area contributed by atoms with E-state index < -0.39 is 63.1 Å². The standard InChI is InChI=1S/C52H97O12P/c1-3-5-7-9-11-13-15-17-19-21-22-23-24-25-26-28-30-32-34-36-38-40-42-61-43-45(44-62-65(59,60)64-52-50(57)48(55)47(54)49(56)51(52)58)63-46(53)41-39-37-35-33-31-29-27-20-18-16-14-12-10-8-6-4-2/h15,17,20-22,27,45,47-52,54-58H,3-14,16,18-19,23-26,28-44H2,1-2H3,(H,59,60)/b17-15-,22-21-,27-20-. The van der Waals surface area contributed by atoms with E-state index in [1.807, 2.05) is 0 Å². The normalized spacial score (nSPS) is 21.8. The van der Waals surface area contributed by atoms with Crippen molar-refractivity contribution in [2.45, 2.75) is 268 Å². The summed E-state index contributed by atoms with van der Waals surface area (Å²) in [7, 11) is -5.02. The molecule has 382 valence electrons. The lowest BCUT2D eigenvalue weighted by Crippen LogP contribution is -2.64. The highest BCUT2D eigenvalue weighted by molar-refractivity contribution is 7.47. The molecule has 1 rings (SSSR count). The summed E-state index contributed by atoms with van der Waals surface area (Å²) in [6.07, 6.45) is 39.2. The van der Waals surface area contributed by atoms with Crippen LogP contribution in [0, 0.1) is 0 Å². The summed E-state index contributed by atoms with van der Waals surface area (Å²) in [5.74, 6) is -0.485. The highest BCUT2D eigenvalue weighted by Crippen LogP contribution is 2.47. The third kappa shape index (κ3) is 34.5. The molecule has 1 aliphatic carbocycles. The molecule has 1 aliphatic rings. The molecule has 0 spiro atoms. The minimum absolute atomic E-state index is 0.0807. The summed E-state index contributed by atoms with van der Waals surface area (Å²) in [6, 6.07) is 0. The first-order chi connectivity index (χ1) is 31.5. The number of carbonyl (C=O) groups is 1. The predicted octanol–water partition coefficient (Wildman–Crippen LogP) is 11.8. The van der Waals surface area contributed by atoms with Crippen molar-refractivity contribution in [1.29, 1.82) is 0 Å². The molecular weight excluding hydrogens is 848 g/mol. The summed E-state index contributed by atoms with van der Waals surface area (Å²) in [5, 5.41) is 50.3. The van der Waals surface area contributed by atoms with Gasteiger partial charge in [-0.2, -0.15) is 0 Å². The van der Waals surface area contributed by atoms with Crippen LogP contribution >= 0.6 is 7.82 Å². The predicted molar refractivity (Wildman–Crippen MR) is 263 cm³/mol. The molecule has 12 nitrogen and oxygen atoms in total. The number of ether oxygens (including phenoxy) is 2. The molecule has 1 fully saturated rings. The smallest absolute Gasteiger partial charge is 0.457 e. The molecule has 1 saturated carbocycles. The summed E-state index contributed by atoms with van der Waals surface area (Å²) in [4.78, 5) is 23.2. The minimum Gasteiger partial charge on any atom is -0.457 e. The fourth-order valence-electron chi connectivity index (χ4n) is 8.03. The fourth-order valence-corrected chi connectivity index (χ4v) is 9.00. The van der Waals surface area contributed by atoms with Crippen molar-refractivity contribution in [1.82, 2.24) is 0 Å². The number of hydrogen-bond acceptors (Lipinski definition) is 11. The zero-order valence-electron chi connectivity index (χ0n) is 41.0. The number of allylic oxidation sites excluding steroid dienone is 6. The number of rotatable bonds is 45. The van der Waals surface area contributed by atoms with Gasteiger partial charge >= 0.3 is 13.8 Å². The Kier molecular flexibility index (Phi) is 40.4. The fraction of sp³-hybridized carbons (Fsp3) is 0.865. The second kappa shape index (κ2) is 42.6. The van der Waals surface area contributed by atoms with Crippen molar-refractivity contribution in [3.63, 3.8) is 0 Å². The van der Waals surface area contributed by atoms with Crippen LogP contribution in [-0.2, 0) is 27.9 Å². The molecule has 0 saturated heterocycles. The monoisotopic (exact) mass is 945 g/mol. The Balaban J connectivity index is 2.33. The quantitative estimate of drug-likeness (QED) is 0.0147. The topological polar surface area (TPSA) is 192 Å². The zero-order chi connectivity index (χ0) is 47.6. The summed E-state index contributed by atoms with van der Waals surface area (Å²) in [5.41, 5.74) is 0. The number of hydrogen-bond donors (Lipinski definition) is 6. The molecule has 0 aromatic rings. The van der Waals surface area contributed by atoms with Crippen LogP contribution < -0.4 is 0 Å². The summed E-state index contributed by atoms with van der Waals surface area (Å²) in [6.45, 7) is 4.26. The maximum atomic E-state index is 12.9. The van der Waals surface area contributed by atoms with Gasteiger partial charge in [0.05, 0.1) is 13.2 Å². The van der Waals surface area contributed by atoms with Gasteiger partial charge in [-0.1, -0.05) is 185 Å². The molecule has 6 N–H and O–H groups in total. The van der Waals surface area contributed by atoms with E-state index >= 15 is 0 Å². The molecule has 0 aromatic heterocycles. The second-order valence-corrected chi connectivity index (χ2v) is 19.8. The Labute approximate surface area is 395 Å². The largest absolute Gasteiger partial charge is 0.472 e. The minimum atomic E-state index is -5.02. The SMILES string of the molecule is CCCCCCC/C=C\C/C=C\CCCCCCCCCCCCOCC(COP(=O)(O)OC1C(O)C(O)C(O)C(O)C1O)OC(=O)CCCCCCC/C=C\CCCCCCCCC. The van der Waals surface area contributed by atoms with Crippen LogP contribution in [0.3, 0.4) is 0 Å².